The summed E-state index contributed by atoms with van der Waals surface area (Å²) in [6, 6.07) is 1.62. The Bertz CT molecular complexity index is 431. The molecule has 1 aromatic rings. The van der Waals surface area contributed by atoms with E-state index in [9.17, 15) is 22.4 Å². The third-order valence-corrected chi connectivity index (χ3v) is 2.08. The van der Waals surface area contributed by atoms with Crippen molar-refractivity contribution in [2.24, 2.45) is 0 Å². The topological polar surface area (TPSA) is 29.5 Å². The number of hydrogen-bond donors (Lipinski definition) is 0. The van der Waals surface area contributed by atoms with Crippen molar-refractivity contribution < 1.29 is 27.2 Å². The Morgan fingerprint density at radius 2 is 1.94 bits per heavy atom. The molecule has 0 unspecified atom stereocenters. The molecule has 3 nitrogen and oxygen atoms in total. The minimum atomic E-state index is -4.63. The average molecular weight is 251 g/mol. The monoisotopic (exact) mass is 251 g/mol. The van der Waals surface area contributed by atoms with Gasteiger partial charge < -0.3 is 0 Å². The van der Waals surface area contributed by atoms with Crippen molar-refractivity contribution in [2.45, 2.75) is 6.18 Å². The van der Waals surface area contributed by atoms with Crippen LogP contribution in [0.2, 0.25) is 0 Å². The molecule has 7 heteroatoms. The Morgan fingerprint density at radius 1 is 1.35 bits per heavy atom. The third-order valence-electron chi connectivity index (χ3n) is 2.08. The molecule has 1 amide bonds. The molecule has 0 aliphatic heterocycles. The highest BCUT2D eigenvalue weighted by atomic mass is 19.4. The molecule has 0 heterocycles. The largest absolute Gasteiger partial charge is 0.416 e. The third kappa shape index (κ3) is 2.94. The number of amides is 1. The second-order valence-corrected chi connectivity index (χ2v) is 3.18. The maximum atomic E-state index is 13.2. The van der Waals surface area contributed by atoms with Crippen LogP contribution in [0.15, 0.2) is 18.2 Å². The first-order valence-corrected chi connectivity index (χ1v) is 4.46. The first-order chi connectivity index (χ1) is 7.77. The fraction of sp³-hybridized carbons (Fsp3) is 0.300. The molecule has 0 aliphatic carbocycles. The van der Waals surface area contributed by atoms with Gasteiger partial charge in [0.05, 0.1) is 18.2 Å². The molecule has 0 aliphatic rings. The lowest BCUT2D eigenvalue weighted by Gasteiger charge is -2.15. The van der Waals surface area contributed by atoms with Crippen LogP contribution in [0.25, 0.3) is 0 Å². The molecule has 0 N–H and O–H groups in total. The fourth-order valence-electron chi connectivity index (χ4n) is 1.12. The summed E-state index contributed by atoms with van der Waals surface area (Å²) >= 11 is 0. The van der Waals surface area contributed by atoms with Crippen LogP contribution in [-0.4, -0.2) is 25.1 Å². The van der Waals surface area contributed by atoms with Gasteiger partial charge in [0.1, 0.15) is 5.82 Å². The minimum absolute atomic E-state index is 0.452. The van der Waals surface area contributed by atoms with E-state index in [4.69, 9.17) is 0 Å². The molecule has 0 saturated carbocycles. The molecule has 1 rings (SSSR count). The van der Waals surface area contributed by atoms with Gasteiger partial charge in [0.15, 0.2) is 0 Å². The molecular formula is C10H9F4NO2. The summed E-state index contributed by atoms with van der Waals surface area (Å²) in [5.74, 6) is -2.02. The molecule has 17 heavy (non-hydrogen) atoms. The Morgan fingerprint density at radius 3 is 2.41 bits per heavy atom. The van der Waals surface area contributed by atoms with Gasteiger partial charge >= 0.3 is 6.18 Å². The Kier molecular flexibility index (Phi) is 3.72. The second kappa shape index (κ2) is 4.70. The van der Waals surface area contributed by atoms with Crippen LogP contribution in [-0.2, 0) is 11.0 Å². The van der Waals surface area contributed by atoms with E-state index >= 15 is 0 Å². The van der Waals surface area contributed by atoms with E-state index in [2.05, 4.69) is 4.84 Å². The zero-order chi connectivity index (χ0) is 13.2. The number of rotatable bonds is 2. The van der Waals surface area contributed by atoms with Gasteiger partial charge in [-0.1, -0.05) is 0 Å². The average Bonchev–Trinajstić information content (AvgIpc) is 2.26. The van der Waals surface area contributed by atoms with E-state index in [1.54, 1.807) is 0 Å². The minimum Gasteiger partial charge on any atom is -0.274 e. The summed E-state index contributed by atoms with van der Waals surface area (Å²) in [7, 11) is 2.31. The smallest absolute Gasteiger partial charge is 0.274 e. The van der Waals surface area contributed by atoms with Gasteiger partial charge in [-0.2, -0.15) is 13.2 Å². The summed E-state index contributed by atoms with van der Waals surface area (Å²) < 4.78 is 50.3. The van der Waals surface area contributed by atoms with E-state index < -0.39 is 29.0 Å². The lowest BCUT2D eigenvalue weighted by Crippen LogP contribution is -2.26. The lowest BCUT2D eigenvalue weighted by atomic mass is 10.1. The van der Waals surface area contributed by atoms with Crippen molar-refractivity contribution in [3.05, 3.63) is 35.1 Å². The number of benzene rings is 1. The van der Waals surface area contributed by atoms with Gasteiger partial charge in [-0.15, -0.1) is 0 Å². The molecule has 1 aromatic carbocycles. The van der Waals surface area contributed by atoms with Crippen molar-refractivity contribution in [3.8, 4) is 0 Å². The van der Waals surface area contributed by atoms with Crippen molar-refractivity contribution in [2.75, 3.05) is 14.2 Å². The number of nitrogens with zero attached hydrogens (tertiary/aromatic N) is 1. The molecule has 0 saturated heterocycles. The maximum Gasteiger partial charge on any atom is 0.416 e. The van der Waals surface area contributed by atoms with Gasteiger partial charge in [0.2, 0.25) is 0 Å². The standard InChI is InChI=1S/C10H9F4NO2/c1-15(17-2)9(16)7-5-6(10(12,13)14)3-4-8(7)11/h3-5H,1-2H3. The summed E-state index contributed by atoms with van der Waals surface area (Å²) in [6.45, 7) is 0. The number of hydroxylamine groups is 2. The van der Waals surface area contributed by atoms with Crippen LogP contribution in [0.4, 0.5) is 17.6 Å². The summed E-state index contributed by atoms with van der Waals surface area (Å²) in [5.41, 5.74) is -1.78. The van der Waals surface area contributed by atoms with Gasteiger partial charge in [0.25, 0.3) is 5.91 Å². The van der Waals surface area contributed by atoms with Crippen molar-refractivity contribution in [1.29, 1.82) is 0 Å². The molecular weight excluding hydrogens is 242 g/mol. The predicted molar refractivity (Wildman–Crippen MR) is 50.5 cm³/mol. The molecule has 0 atom stereocenters. The van der Waals surface area contributed by atoms with Crippen molar-refractivity contribution in [3.63, 3.8) is 0 Å². The van der Waals surface area contributed by atoms with Crippen LogP contribution < -0.4 is 0 Å². The van der Waals surface area contributed by atoms with Crippen LogP contribution in [0.3, 0.4) is 0 Å². The zero-order valence-corrected chi connectivity index (χ0v) is 9.01. The highest BCUT2D eigenvalue weighted by molar-refractivity contribution is 5.93. The van der Waals surface area contributed by atoms with Crippen molar-refractivity contribution >= 4 is 5.91 Å². The normalized spacial score (nSPS) is 11.4. The maximum absolute atomic E-state index is 13.2. The Balaban J connectivity index is 3.20. The fourth-order valence-corrected chi connectivity index (χ4v) is 1.12. The van der Waals surface area contributed by atoms with Crippen LogP contribution in [0, 0.1) is 5.82 Å². The molecule has 0 fully saturated rings. The highest BCUT2D eigenvalue weighted by Gasteiger charge is 2.32. The Hall–Kier alpha value is -1.63. The van der Waals surface area contributed by atoms with E-state index in [0.717, 1.165) is 7.11 Å². The number of carbonyl (C=O) groups excluding carboxylic acids is 1. The van der Waals surface area contributed by atoms with E-state index in [1.807, 2.05) is 0 Å². The first-order valence-electron chi connectivity index (χ1n) is 4.46. The van der Waals surface area contributed by atoms with Crippen molar-refractivity contribution in [1.82, 2.24) is 5.06 Å². The highest BCUT2D eigenvalue weighted by Crippen LogP contribution is 2.30. The second-order valence-electron chi connectivity index (χ2n) is 3.18. The van der Waals surface area contributed by atoms with E-state index in [1.165, 1.54) is 7.05 Å². The van der Waals surface area contributed by atoms with Gasteiger partial charge in [0, 0.05) is 7.05 Å². The Labute approximate surface area is 94.5 Å². The van der Waals surface area contributed by atoms with E-state index in [0.29, 0.717) is 23.3 Å². The van der Waals surface area contributed by atoms with E-state index in [-0.39, 0.29) is 0 Å². The first kappa shape index (κ1) is 13.4. The summed E-state index contributed by atoms with van der Waals surface area (Å²) in [4.78, 5) is 16.0. The van der Waals surface area contributed by atoms with Gasteiger partial charge in [-0.3, -0.25) is 9.63 Å². The van der Waals surface area contributed by atoms with Crippen LogP contribution in [0.5, 0.6) is 0 Å². The number of carbonyl (C=O) groups is 1. The molecule has 0 aromatic heterocycles. The number of hydrogen-bond acceptors (Lipinski definition) is 2. The molecule has 0 bridgehead atoms. The lowest BCUT2D eigenvalue weighted by molar-refractivity contribution is -0.137. The molecule has 94 valence electrons. The molecule has 0 spiro atoms. The number of alkyl halides is 3. The SMILES string of the molecule is CON(C)C(=O)c1cc(C(F)(F)F)ccc1F. The van der Waals surface area contributed by atoms with Crippen LogP contribution >= 0.6 is 0 Å². The summed E-state index contributed by atoms with van der Waals surface area (Å²) in [5, 5.41) is 0.637. The summed E-state index contributed by atoms with van der Waals surface area (Å²) in [6.07, 6.45) is -4.63. The van der Waals surface area contributed by atoms with Gasteiger partial charge in [-0.25, -0.2) is 9.45 Å². The molecule has 0 radical (unpaired) electrons. The predicted octanol–water partition coefficient (Wildman–Crippen LogP) is 2.48. The van der Waals surface area contributed by atoms with Crippen LogP contribution in [0.1, 0.15) is 15.9 Å². The zero-order valence-electron chi connectivity index (χ0n) is 9.01. The van der Waals surface area contributed by atoms with Gasteiger partial charge in [-0.05, 0) is 18.2 Å². The number of halogens is 4. The quantitative estimate of drug-likeness (QED) is 0.597.